The Kier molecular flexibility index (Phi) is 6.07. The summed E-state index contributed by atoms with van der Waals surface area (Å²) in [4.78, 5) is 13.0. The van der Waals surface area contributed by atoms with Gasteiger partial charge >= 0.3 is 0 Å². The van der Waals surface area contributed by atoms with Crippen LogP contribution < -0.4 is 19.5 Å². The van der Waals surface area contributed by atoms with E-state index < -0.39 is 0 Å². The summed E-state index contributed by atoms with van der Waals surface area (Å²) in [6, 6.07) is 13.4. The number of aromatic nitrogens is 2. The number of carbonyl (C=O) groups excluding carboxylic acids is 1. The zero-order chi connectivity index (χ0) is 21.0. The average Bonchev–Trinajstić information content (AvgIpc) is 3.00. The average molecular weight is 395 g/mol. The topological polar surface area (TPSA) is 74.6 Å². The summed E-state index contributed by atoms with van der Waals surface area (Å²) in [5, 5.41) is 7.55. The van der Waals surface area contributed by atoms with Gasteiger partial charge in [0.1, 0.15) is 0 Å². The highest BCUT2D eigenvalue weighted by Crippen LogP contribution is 2.40. The molecular formula is C22H25N3O4. The van der Waals surface area contributed by atoms with Gasteiger partial charge in [-0.2, -0.15) is 5.10 Å². The minimum Gasteiger partial charge on any atom is -0.493 e. The summed E-state index contributed by atoms with van der Waals surface area (Å²) in [6.07, 6.45) is 0. The van der Waals surface area contributed by atoms with Crippen molar-refractivity contribution in [3.8, 4) is 17.2 Å². The fraction of sp³-hybridized carbons (Fsp3) is 0.273. The van der Waals surface area contributed by atoms with Gasteiger partial charge in [0, 0.05) is 0 Å². The normalized spacial score (nSPS) is 10.5. The third-order valence-corrected chi connectivity index (χ3v) is 4.74. The fourth-order valence-electron chi connectivity index (χ4n) is 3.25. The lowest BCUT2D eigenvalue weighted by atomic mass is 10.1. The highest BCUT2D eigenvalue weighted by molar-refractivity contribution is 6.07. The molecule has 2 aromatic carbocycles. The summed E-state index contributed by atoms with van der Waals surface area (Å²) >= 11 is 0. The van der Waals surface area contributed by atoms with Crippen LogP contribution in [-0.4, -0.2) is 37.0 Å². The van der Waals surface area contributed by atoms with Crippen LogP contribution in [0.5, 0.6) is 17.2 Å². The molecule has 1 aromatic heterocycles. The summed E-state index contributed by atoms with van der Waals surface area (Å²) in [7, 11) is 4.53. The van der Waals surface area contributed by atoms with E-state index in [1.807, 2.05) is 48.9 Å². The van der Waals surface area contributed by atoms with Crippen molar-refractivity contribution in [1.29, 1.82) is 0 Å². The molecule has 0 spiro atoms. The number of hydrogen-bond donors (Lipinski definition) is 1. The summed E-state index contributed by atoms with van der Waals surface area (Å²) in [5.74, 6) is 0.865. The van der Waals surface area contributed by atoms with Crippen LogP contribution in [0.15, 0.2) is 42.5 Å². The SMILES string of the molecule is COc1ccc(C(=O)Nc2c(C)nn(Cc3ccccc3)c2C)c(OC)c1OC. The molecule has 1 amide bonds. The Balaban J connectivity index is 1.90. The molecule has 0 aliphatic carbocycles. The van der Waals surface area contributed by atoms with Gasteiger partial charge in [0.15, 0.2) is 11.5 Å². The van der Waals surface area contributed by atoms with Gasteiger partial charge in [-0.1, -0.05) is 30.3 Å². The second kappa shape index (κ2) is 8.68. The molecule has 1 N–H and O–H groups in total. The van der Waals surface area contributed by atoms with Gasteiger partial charge in [-0.05, 0) is 31.5 Å². The molecule has 7 nitrogen and oxygen atoms in total. The standard InChI is InChI=1S/C22H25N3O4/c1-14-19(15(2)25(24-14)13-16-9-7-6-8-10-16)23-22(26)17-11-12-18(27-3)21(29-5)20(17)28-4/h6-12H,13H2,1-5H3,(H,23,26). The van der Waals surface area contributed by atoms with Gasteiger partial charge in [-0.25, -0.2) is 0 Å². The lowest BCUT2D eigenvalue weighted by Crippen LogP contribution is -2.15. The van der Waals surface area contributed by atoms with Gasteiger partial charge in [-0.15, -0.1) is 0 Å². The molecule has 0 unspecified atom stereocenters. The molecule has 29 heavy (non-hydrogen) atoms. The molecule has 0 bridgehead atoms. The number of amides is 1. The van der Waals surface area contributed by atoms with E-state index in [2.05, 4.69) is 10.4 Å². The fourth-order valence-corrected chi connectivity index (χ4v) is 3.25. The second-order valence-electron chi connectivity index (χ2n) is 6.53. The first-order valence-electron chi connectivity index (χ1n) is 9.18. The van der Waals surface area contributed by atoms with E-state index in [0.29, 0.717) is 35.0 Å². The molecule has 3 rings (SSSR count). The number of rotatable bonds is 7. The van der Waals surface area contributed by atoms with Crippen LogP contribution in [0.4, 0.5) is 5.69 Å². The Morgan fingerprint density at radius 3 is 2.28 bits per heavy atom. The van der Waals surface area contributed by atoms with Crippen molar-refractivity contribution in [2.45, 2.75) is 20.4 Å². The number of nitrogens with zero attached hydrogens (tertiary/aromatic N) is 2. The number of hydrogen-bond acceptors (Lipinski definition) is 5. The quantitative estimate of drug-likeness (QED) is 0.658. The number of nitrogens with one attached hydrogen (secondary N) is 1. The van der Waals surface area contributed by atoms with Crippen LogP contribution in [0.1, 0.15) is 27.3 Å². The van der Waals surface area contributed by atoms with Gasteiger partial charge in [0.2, 0.25) is 5.75 Å². The molecule has 0 radical (unpaired) electrons. The van der Waals surface area contributed by atoms with Crippen molar-refractivity contribution in [2.24, 2.45) is 0 Å². The Hall–Kier alpha value is -3.48. The molecule has 0 atom stereocenters. The molecule has 1 heterocycles. The molecular weight excluding hydrogens is 370 g/mol. The highest BCUT2D eigenvalue weighted by atomic mass is 16.5. The first kappa shape index (κ1) is 20.3. The molecule has 0 saturated carbocycles. The van der Waals surface area contributed by atoms with E-state index >= 15 is 0 Å². The van der Waals surface area contributed by atoms with Crippen LogP contribution in [0.3, 0.4) is 0 Å². The number of methoxy groups -OCH3 is 3. The lowest BCUT2D eigenvalue weighted by molar-refractivity contribution is 0.102. The Morgan fingerprint density at radius 2 is 1.66 bits per heavy atom. The van der Waals surface area contributed by atoms with Crippen LogP contribution in [-0.2, 0) is 6.54 Å². The monoisotopic (exact) mass is 395 g/mol. The largest absolute Gasteiger partial charge is 0.493 e. The Labute approximate surface area is 170 Å². The van der Waals surface area contributed by atoms with Crippen molar-refractivity contribution in [1.82, 2.24) is 9.78 Å². The van der Waals surface area contributed by atoms with Crippen LogP contribution >= 0.6 is 0 Å². The maximum atomic E-state index is 13.0. The second-order valence-corrected chi connectivity index (χ2v) is 6.53. The minimum absolute atomic E-state index is 0.312. The molecule has 0 aliphatic heterocycles. The van der Waals surface area contributed by atoms with Crippen molar-refractivity contribution >= 4 is 11.6 Å². The molecule has 0 fully saturated rings. The summed E-state index contributed by atoms with van der Waals surface area (Å²) in [5.41, 5.74) is 3.78. The number of aryl methyl sites for hydroxylation is 1. The highest BCUT2D eigenvalue weighted by Gasteiger charge is 2.22. The smallest absolute Gasteiger partial charge is 0.259 e. The van der Waals surface area contributed by atoms with Crippen LogP contribution in [0.2, 0.25) is 0 Å². The van der Waals surface area contributed by atoms with E-state index in [9.17, 15) is 4.79 Å². The predicted octanol–water partition coefficient (Wildman–Crippen LogP) is 3.83. The third-order valence-electron chi connectivity index (χ3n) is 4.74. The molecule has 152 valence electrons. The summed E-state index contributed by atoms with van der Waals surface area (Å²) in [6.45, 7) is 4.43. The van der Waals surface area contributed by atoms with Gasteiger partial charge in [-0.3, -0.25) is 9.48 Å². The first-order valence-corrected chi connectivity index (χ1v) is 9.18. The number of ether oxygens (including phenoxy) is 3. The van der Waals surface area contributed by atoms with Crippen molar-refractivity contribution < 1.29 is 19.0 Å². The molecule has 0 saturated heterocycles. The van der Waals surface area contributed by atoms with Crippen molar-refractivity contribution in [2.75, 3.05) is 26.6 Å². The molecule has 3 aromatic rings. The molecule has 7 heteroatoms. The summed E-state index contributed by atoms with van der Waals surface area (Å²) < 4.78 is 18.0. The van der Waals surface area contributed by atoms with E-state index in [1.54, 1.807) is 12.1 Å². The maximum Gasteiger partial charge on any atom is 0.259 e. The lowest BCUT2D eigenvalue weighted by Gasteiger charge is -2.15. The van der Waals surface area contributed by atoms with Gasteiger partial charge < -0.3 is 19.5 Å². The van der Waals surface area contributed by atoms with Gasteiger partial charge in [0.25, 0.3) is 5.91 Å². The van der Waals surface area contributed by atoms with Crippen LogP contribution in [0.25, 0.3) is 0 Å². The third kappa shape index (κ3) is 4.03. The van der Waals surface area contributed by atoms with Crippen LogP contribution in [0, 0.1) is 13.8 Å². The van der Waals surface area contributed by atoms with E-state index in [4.69, 9.17) is 14.2 Å². The first-order chi connectivity index (χ1) is 14.0. The maximum absolute atomic E-state index is 13.0. The predicted molar refractivity (Wildman–Crippen MR) is 111 cm³/mol. The zero-order valence-corrected chi connectivity index (χ0v) is 17.3. The van der Waals surface area contributed by atoms with E-state index in [1.165, 1.54) is 21.3 Å². The Morgan fingerprint density at radius 1 is 0.966 bits per heavy atom. The minimum atomic E-state index is -0.312. The number of carbonyl (C=O) groups is 1. The van der Waals surface area contributed by atoms with E-state index in [-0.39, 0.29) is 5.91 Å². The number of benzene rings is 2. The van der Waals surface area contributed by atoms with Gasteiger partial charge in [0.05, 0.1) is 50.5 Å². The zero-order valence-electron chi connectivity index (χ0n) is 17.3. The van der Waals surface area contributed by atoms with Crippen molar-refractivity contribution in [3.05, 3.63) is 65.0 Å². The number of anilines is 1. The van der Waals surface area contributed by atoms with Crippen molar-refractivity contribution in [3.63, 3.8) is 0 Å². The molecule has 0 aliphatic rings. The van der Waals surface area contributed by atoms with E-state index in [0.717, 1.165) is 17.0 Å². The Bertz CT molecular complexity index is 1010.